The minimum absolute atomic E-state index is 0.120. The van der Waals surface area contributed by atoms with Crippen molar-refractivity contribution in [3.63, 3.8) is 0 Å². The molecule has 0 aliphatic carbocycles. The maximum Gasteiger partial charge on any atom is 0.435 e. The topological polar surface area (TPSA) is 114 Å². The Kier molecular flexibility index (Phi) is 7.02. The summed E-state index contributed by atoms with van der Waals surface area (Å²) in [6, 6.07) is 0. The molecule has 0 aromatic heterocycles. The van der Waals surface area contributed by atoms with Crippen molar-refractivity contribution in [1.29, 1.82) is 0 Å². The molecular formula is C14H24N2O6. The lowest BCUT2D eigenvalue weighted by molar-refractivity contribution is -0.136. The molecule has 0 saturated heterocycles. The molecule has 0 unspecified atom stereocenters. The van der Waals surface area contributed by atoms with Gasteiger partial charge in [0.1, 0.15) is 17.0 Å². The number of rotatable bonds is 3. The lowest BCUT2D eigenvalue weighted by Gasteiger charge is -2.20. The van der Waals surface area contributed by atoms with Crippen molar-refractivity contribution >= 4 is 24.0 Å². The summed E-state index contributed by atoms with van der Waals surface area (Å²) in [6.45, 7) is 10.0. The van der Waals surface area contributed by atoms with Crippen LogP contribution in [0.15, 0.2) is 4.99 Å². The van der Waals surface area contributed by atoms with Crippen LogP contribution in [-0.4, -0.2) is 40.3 Å². The number of aliphatic imine (C=N–C) groups is 1. The number of nitrogens with one attached hydrogen (secondary N) is 1. The van der Waals surface area contributed by atoms with Crippen LogP contribution in [-0.2, 0) is 14.3 Å². The van der Waals surface area contributed by atoms with Crippen LogP contribution in [0.3, 0.4) is 0 Å². The van der Waals surface area contributed by atoms with Gasteiger partial charge < -0.3 is 14.6 Å². The Labute approximate surface area is 129 Å². The van der Waals surface area contributed by atoms with Crippen molar-refractivity contribution < 1.29 is 29.0 Å². The van der Waals surface area contributed by atoms with Crippen molar-refractivity contribution in [2.24, 2.45) is 4.99 Å². The number of carboxylic acids is 1. The molecule has 0 spiro atoms. The second-order valence-corrected chi connectivity index (χ2v) is 6.56. The number of hydrogen-bond donors (Lipinski definition) is 2. The van der Waals surface area contributed by atoms with Crippen molar-refractivity contribution in [1.82, 2.24) is 5.32 Å². The van der Waals surface area contributed by atoms with Crippen LogP contribution in [0.25, 0.3) is 0 Å². The number of hydrogen-bond acceptors (Lipinski definition) is 5. The molecule has 0 aromatic rings. The SMILES string of the molecule is CC(C)(C)OC(=O)N=C(CCC(=O)O)NC(=O)OC(C)(C)C. The van der Waals surface area contributed by atoms with E-state index in [1.807, 2.05) is 0 Å². The Morgan fingerprint density at radius 3 is 1.86 bits per heavy atom. The van der Waals surface area contributed by atoms with Gasteiger partial charge >= 0.3 is 18.2 Å². The predicted octanol–water partition coefficient (Wildman–Crippen LogP) is 2.71. The molecule has 2 amide bonds. The van der Waals surface area contributed by atoms with Gasteiger partial charge in [0.15, 0.2) is 0 Å². The summed E-state index contributed by atoms with van der Waals surface area (Å²) in [5, 5.41) is 11.0. The molecule has 0 rings (SSSR count). The highest BCUT2D eigenvalue weighted by Crippen LogP contribution is 2.09. The fourth-order valence-corrected chi connectivity index (χ4v) is 1.19. The summed E-state index contributed by atoms with van der Waals surface area (Å²) < 4.78 is 10.0. The van der Waals surface area contributed by atoms with Crippen LogP contribution >= 0.6 is 0 Å². The summed E-state index contributed by atoms with van der Waals surface area (Å²) in [5.41, 5.74) is -1.47. The first-order chi connectivity index (χ1) is 9.78. The number of ether oxygens (including phenoxy) is 2. The second kappa shape index (κ2) is 7.77. The lowest BCUT2D eigenvalue weighted by atomic mass is 10.2. The monoisotopic (exact) mass is 316 g/mol. The molecule has 0 aliphatic heterocycles. The van der Waals surface area contributed by atoms with Crippen LogP contribution in [0.5, 0.6) is 0 Å². The van der Waals surface area contributed by atoms with Gasteiger partial charge in [-0.3, -0.25) is 10.1 Å². The minimum atomic E-state index is -1.08. The zero-order valence-corrected chi connectivity index (χ0v) is 13.8. The van der Waals surface area contributed by atoms with Gasteiger partial charge in [-0.25, -0.2) is 9.59 Å². The van der Waals surface area contributed by atoms with Crippen LogP contribution in [0.1, 0.15) is 54.4 Å². The highest BCUT2D eigenvalue weighted by Gasteiger charge is 2.20. The minimum Gasteiger partial charge on any atom is -0.481 e. The highest BCUT2D eigenvalue weighted by molar-refractivity contribution is 6.01. The highest BCUT2D eigenvalue weighted by atomic mass is 16.6. The number of aliphatic carboxylic acids is 1. The number of nitrogens with zero attached hydrogens (tertiary/aromatic N) is 1. The molecule has 2 N–H and O–H groups in total. The van der Waals surface area contributed by atoms with Gasteiger partial charge in [0.25, 0.3) is 0 Å². The first-order valence-electron chi connectivity index (χ1n) is 6.81. The zero-order valence-electron chi connectivity index (χ0n) is 13.8. The van der Waals surface area contributed by atoms with E-state index in [2.05, 4.69) is 10.3 Å². The van der Waals surface area contributed by atoms with E-state index in [9.17, 15) is 14.4 Å². The molecular weight excluding hydrogens is 292 g/mol. The summed E-state index contributed by atoms with van der Waals surface area (Å²) in [7, 11) is 0. The maximum atomic E-state index is 11.7. The van der Waals surface area contributed by atoms with E-state index in [0.717, 1.165) is 0 Å². The average Bonchev–Trinajstić information content (AvgIpc) is 2.19. The normalized spacial score (nSPS) is 12.5. The first-order valence-corrected chi connectivity index (χ1v) is 6.81. The van der Waals surface area contributed by atoms with E-state index in [1.165, 1.54) is 0 Å². The van der Waals surface area contributed by atoms with Crippen molar-refractivity contribution in [2.45, 2.75) is 65.6 Å². The third kappa shape index (κ3) is 11.7. The summed E-state index contributed by atoms with van der Waals surface area (Å²) >= 11 is 0. The van der Waals surface area contributed by atoms with Gasteiger partial charge in [-0.2, -0.15) is 4.99 Å². The van der Waals surface area contributed by atoms with Crippen LogP contribution in [0, 0.1) is 0 Å². The zero-order chi connectivity index (χ0) is 17.6. The van der Waals surface area contributed by atoms with E-state index in [-0.39, 0.29) is 18.7 Å². The van der Waals surface area contributed by atoms with Gasteiger partial charge in [0.2, 0.25) is 0 Å². The number of amidine groups is 1. The average molecular weight is 316 g/mol. The second-order valence-electron chi connectivity index (χ2n) is 6.56. The van der Waals surface area contributed by atoms with E-state index in [0.29, 0.717) is 0 Å². The Morgan fingerprint density at radius 1 is 0.955 bits per heavy atom. The molecule has 0 fully saturated rings. The molecule has 0 aromatic carbocycles. The largest absolute Gasteiger partial charge is 0.481 e. The lowest BCUT2D eigenvalue weighted by Crippen LogP contribution is -2.37. The molecule has 126 valence electrons. The Balaban J connectivity index is 4.92. The summed E-state index contributed by atoms with van der Waals surface area (Å²) in [5.74, 6) is -1.20. The Hall–Kier alpha value is -2.12. The van der Waals surface area contributed by atoms with E-state index in [4.69, 9.17) is 14.6 Å². The fraction of sp³-hybridized carbons (Fsp3) is 0.714. The van der Waals surface area contributed by atoms with Crippen LogP contribution in [0.2, 0.25) is 0 Å². The quantitative estimate of drug-likeness (QED) is 0.611. The van der Waals surface area contributed by atoms with E-state index in [1.54, 1.807) is 41.5 Å². The maximum absolute atomic E-state index is 11.7. The third-order valence-corrected chi connectivity index (χ3v) is 1.84. The Bertz CT molecular complexity index is 457. The van der Waals surface area contributed by atoms with Crippen molar-refractivity contribution in [3.8, 4) is 0 Å². The number of alkyl carbamates (subject to hydrolysis) is 1. The third-order valence-electron chi connectivity index (χ3n) is 1.84. The number of carbonyl (C=O) groups is 3. The molecule has 0 heterocycles. The fourth-order valence-electron chi connectivity index (χ4n) is 1.19. The van der Waals surface area contributed by atoms with Gasteiger partial charge in [-0.15, -0.1) is 0 Å². The molecule has 8 heteroatoms. The molecule has 8 nitrogen and oxygen atoms in total. The number of amides is 2. The van der Waals surface area contributed by atoms with Gasteiger partial charge in [-0.05, 0) is 41.5 Å². The Morgan fingerprint density at radius 2 is 1.45 bits per heavy atom. The van der Waals surface area contributed by atoms with Gasteiger partial charge in [0, 0.05) is 6.42 Å². The van der Waals surface area contributed by atoms with Gasteiger partial charge in [-0.1, -0.05) is 0 Å². The summed E-state index contributed by atoms with van der Waals surface area (Å²) in [4.78, 5) is 37.5. The summed E-state index contributed by atoms with van der Waals surface area (Å²) in [6.07, 6.45) is -2.16. The van der Waals surface area contributed by atoms with Crippen molar-refractivity contribution in [2.75, 3.05) is 0 Å². The predicted molar refractivity (Wildman–Crippen MR) is 79.9 cm³/mol. The molecule has 0 saturated carbocycles. The van der Waals surface area contributed by atoms with E-state index >= 15 is 0 Å². The molecule has 0 bridgehead atoms. The van der Waals surface area contributed by atoms with Crippen molar-refractivity contribution in [3.05, 3.63) is 0 Å². The number of carbonyl (C=O) groups excluding carboxylic acids is 2. The molecule has 0 atom stereocenters. The molecule has 0 radical (unpaired) electrons. The van der Waals surface area contributed by atoms with E-state index < -0.39 is 29.4 Å². The molecule has 0 aliphatic rings. The van der Waals surface area contributed by atoms with Crippen LogP contribution in [0.4, 0.5) is 9.59 Å². The number of carboxylic acid groups (broad SMARTS) is 1. The standard InChI is InChI=1S/C14H24N2O6/c1-13(2,3)21-11(19)15-9(7-8-10(17)18)16-12(20)22-14(4,5)6/h7-8H2,1-6H3,(H,17,18)(H,15,16,19,20). The van der Waals surface area contributed by atoms with Gasteiger partial charge in [0.05, 0.1) is 6.42 Å². The molecule has 22 heavy (non-hydrogen) atoms. The smallest absolute Gasteiger partial charge is 0.435 e. The first kappa shape index (κ1) is 19.9. The van der Waals surface area contributed by atoms with Crippen LogP contribution < -0.4 is 5.32 Å².